The van der Waals surface area contributed by atoms with Crippen LogP contribution in [0.2, 0.25) is 0 Å². The average Bonchev–Trinajstić information content (AvgIpc) is 2.58. The molecule has 3 rings (SSSR count). The lowest BCUT2D eigenvalue weighted by atomic mass is 10.1. The lowest BCUT2D eigenvalue weighted by Crippen LogP contribution is -2.26. The Labute approximate surface area is 130 Å². The van der Waals surface area contributed by atoms with Gasteiger partial charge in [-0.3, -0.25) is 9.69 Å². The van der Waals surface area contributed by atoms with Gasteiger partial charge in [-0.2, -0.15) is 0 Å². The number of carbonyl (C=O) groups is 1. The summed E-state index contributed by atoms with van der Waals surface area (Å²) in [5.41, 5.74) is 3.51. The number of aryl methyl sites for hydroxylation is 1. The van der Waals surface area contributed by atoms with Gasteiger partial charge in [0.25, 0.3) is 5.91 Å². The molecular weight excluding hydrogens is 270 g/mol. The van der Waals surface area contributed by atoms with E-state index in [1.54, 1.807) is 4.90 Å². The Bertz CT molecular complexity index is 766. The first-order valence-corrected chi connectivity index (χ1v) is 7.27. The van der Waals surface area contributed by atoms with Gasteiger partial charge in [-0.15, -0.1) is 0 Å². The summed E-state index contributed by atoms with van der Waals surface area (Å²) in [5, 5.41) is 0. The topological polar surface area (TPSA) is 20.3 Å². The molecular formula is C20H17NO. The number of amides is 1. The molecule has 0 saturated carbocycles. The molecule has 0 bridgehead atoms. The predicted octanol–water partition coefficient (Wildman–Crippen LogP) is 4.97. The van der Waals surface area contributed by atoms with E-state index < -0.39 is 0 Å². The van der Waals surface area contributed by atoms with Crippen LogP contribution in [-0.4, -0.2) is 5.91 Å². The first-order chi connectivity index (χ1) is 10.8. The highest BCUT2D eigenvalue weighted by atomic mass is 16.2. The maximum Gasteiger partial charge on any atom is 0.262 e. The smallest absolute Gasteiger partial charge is 0.262 e. The van der Waals surface area contributed by atoms with Gasteiger partial charge in [0.15, 0.2) is 0 Å². The Morgan fingerprint density at radius 2 is 1.27 bits per heavy atom. The van der Waals surface area contributed by atoms with Gasteiger partial charge in [-0.25, -0.2) is 0 Å². The maximum atomic E-state index is 13.0. The van der Waals surface area contributed by atoms with E-state index >= 15 is 0 Å². The largest absolute Gasteiger partial charge is 0.277 e. The summed E-state index contributed by atoms with van der Waals surface area (Å²) in [6.07, 6.45) is 0. The Morgan fingerprint density at radius 3 is 1.91 bits per heavy atom. The lowest BCUT2D eigenvalue weighted by molar-refractivity contribution is 0.0999. The third-order valence-corrected chi connectivity index (χ3v) is 3.59. The van der Waals surface area contributed by atoms with Crippen molar-refractivity contribution in [2.75, 3.05) is 4.90 Å². The number of anilines is 2. The molecule has 0 N–H and O–H groups in total. The molecule has 0 spiro atoms. The summed E-state index contributed by atoms with van der Waals surface area (Å²) in [7, 11) is 0. The van der Waals surface area contributed by atoms with Gasteiger partial charge in [0.2, 0.25) is 0 Å². The van der Waals surface area contributed by atoms with E-state index in [0.717, 1.165) is 16.9 Å². The molecule has 1 amide bonds. The number of benzene rings is 3. The molecule has 2 nitrogen and oxygen atoms in total. The molecule has 0 heterocycles. The van der Waals surface area contributed by atoms with E-state index in [4.69, 9.17) is 0 Å². The zero-order valence-corrected chi connectivity index (χ0v) is 12.4. The summed E-state index contributed by atoms with van der Waals surface area (Å²) in [6, 6.07) is 27.0. The number of rotatable bonds is 3. The summed E-state index contributed by atoms with van der Waals surface area (Å²) < 4.78 is 0. The monoisotopic (exact) mass is 287 g/mol. The highest BCUT2D eigenvalue weighted by Crippen LogP contribution is 2.29. The highest BCUT2D eigenvalue weighted by Gasteiger charge is 2.20. The van der Waals surface area contributed by atoms with Gasteiger partial charge in [0.05, 0.1) is 5.69 Å². The van der Waals surface area contributed by atoms with E-state index in [1.165, 1.54) is 0 Å². The van der Waals surface area contributed by atoms with Crippen LogP contribution in [0.4, 0.5) is 11.4 Å². The van der Waals surface area contributed by atoms with Crippen molar-refractivity contribution in [1.82, 2.24) is 0 Å². The second-order valence-corrected chi connectivity index (χ2v) is 5.13. The molecule has 2 heteroatoms. The van der Waals surface area contributed by atoms with Crippen LogP contribution >= 0.6 is 0 Å². The standard InChI is InChI=1S/C20H17NO/c1-16-10-8-9-15-19(16)21(18-13-6-3-7-14-18)20(22)17-11-4-2-5-12-17/h2-15H,1H3. The van der Waals surface area contributed by atoms with Crippen LogP contribution in [0.15, 0.2) is 84.9 Å². The number of nitrogens with zero attached hydrogens (tertiary/aromatic N) is 1. The SMILES string of the molecule is Cc1ccccc1N(C(=O)c1ccccc1)c1ccccc1. The first-order valence-electron chi connectivity index (χ1n) is 7.27. The number of hydrogen-bond acceptors (Lipinski definition) is 1. The third kappa shape index (κ3) is 2.77. The molecule has 3 aromatic rings. The molecule has 0 unspecified atom stereocenters. The molecule has 0 fully saturated rings. The summed E-state index contributed by atoms with van der Waals surface area (Å²) in [5.74, 6) is -0.0268. The predicted molar refractivity (Wildman–Crippen MR) is 90.5 cm³/mol. The van der Waals surface area contributed by atoms with Crippen molar-refractivity contribution < 1.29 is 4.79 Å². The van der Waals surface area contributed by atoms with Gasteiger partial charge in [0.1, 0.15) is 0 Å². The van der Waals surface area contributed by atoms with Crippen molar-refractivity contribution in [3.63, 3.8) is 0 Å². The summed E-state index contributed by atoms with van der Waals surface area (Å²) in [4.78, 5) is 14.8. The van der Waals surface area contributed by atoms with Crippen LogP contribution in [0.25, 0.3) is 0 Å². The van der Waals surface area contributed by atoms with Crippen molar-refractivity contribution in [3.8, 4) is 0 Å². The molecule has 0 atom stereocenters. The van der Waals surface area contributed by atoms with Crippen LogP contribution in [-0.2, 0) is 0 Å². The Hall–Kier alpha value is -2.87. The first kappa shape index (κ1) is 14.1. The van der Waals surface area contributed by atoms with Crippen molar-refractivity contribution >= 4 is 17.3 Å². The molecule has 0 aliphatic rings. The third-order valence-electron chi connectivity index (χ3n) is 3.59. The number of carbonyl (C=O) groups excluding carboxylic acids is 1. The van der Waals surface area contributed by atoms with Gasteiger partial charge in [0, 0.05) is 11.3 Å². The van der Waals surface area contributed by atoms with Crippen molar-refractivity contribution in [3.05, 3.63) is 96.1 Å². The average molecular weight is 287 g/mol. The van der Waals surface area contributed by atoms with Gasteiger partial charge >= 0.3 is 0 Å². The highest BCUT2D eigenvalue weighted by molar-refractivity contribution is 6.11. The molecule has 0 aliphatic carbocycles. The van der Waals surface area contributed by atoms with E-state index in [1.807, 2.05) is 91.9 Å². The van der Waals surface area contributed by atoms with Crippen LogP contribution in [0.5, 0.6) is 0 Å². The van der Waals surface area contributed by atoms with E-state index in [0.29, 0.717) is 5.56 Å². The van der Waals surface area contributed by atoms with Crippen molar-refractivity contribution in [2.45, 2.75) is 6.92 Å². The van der Waals surface area contributed by atoms with Crippen LogP contribution < -0.4 is 4.90 Å². The Kier molecular flexibility index (Phi) is 4.01. The normalized spacial score (nSPS) is 10.2. The fourth-order valence-electron chi connectivity index (χ4n) is 2.47. The van der Waals surface area contributed by atoms with Crippen molar-refractivity contribution in [2.24, 2.45) is 0 Å². The Morgan fingerprint density at radius 1 is 0.727 bits per heavy atom. The Balaban J connectivity index is 2.12. The van der Waals surface area contributed by atoms with Crippen molar-refractivity contribution in [1.29, 1.82) is 0 Å². The fraction of sp³-hybridized carbons (Fsp3) is 0.0500. The van der Waals surface area contributed by atoms with Gasteiger partial charge < -0.3 is 0 Å². The minimum Gasteiger partial charge on any atom is -0.277 e. The molecule has 22 heavy (non-hydrogen) atoms. The van der Waals surface area contributed by atoms with Gasteiger partial charge in [-0.1, -0.05) is 54.6 Å². The minimum absolute atomic E-state index is 0.0268. The zero-order valence-electron chi connectivity index (χ0n) is 12.4. The zero-order chi connectivity index (χ0) is 15.4. The fourth-order valence-corrected chi connectivity index (χ4v) is 2.47. The van der Waals surface area contributed by atoms with Crippen LogP contribution in [0.3, 0.4) is 0 Å². The lowest BCUT2D eigenvalue weighted by Gasteiger charge is -2.24. The molecule has 108 valence electrons. The molecule has 0 saturated heterocycles. The summed E-state index contributed by atoms with van der Waals surface area (Å²) >= 11 is 0. The molecule has 0 radical (unpaired) electrons. The maximum absolute atomic E-state index is 13.0. The quantitative estimate of drug-likeness (QED) is 0.665. The van der Waals surface area contributed by atoms with Gasteiger partial charge in [-0.05, 0) is 42.8 Å². The summed E-state index contributed by atoms with van der Waals surface area (Å²) in [6.45, 7) is 2.02. The second kappa shape index (κ2) is 6.27. The van der Waals surface area contributed by atoms with E-state index in [2.05, 4.69) is 0 Å². The number of hydrogen-bond donors (Lipinski definition) is 0. The molecule has 3 aromatic carbocycles. The minimum atomic E-state index is -0.0268. The van der Waals surface area contributed by atoms with Crippen LogP contribution in [0.1, 0.15) is 15.9 Å². The van der Waals surface area contributed by atoms with E-state index in [9.17, 15) is 4.79 Å². The van der Waals surface area contributed by atoms with E-state index in [-0.39, 0.29) is 5.91 Å². The molecule has 0 aliphatic heterocycles. The number of para-hydroxylation sites is 2. The second-order valence-electron chi connectivity index (χ2n) is 5.13. The molecule has 0 aromatic heterocycles. The van der Waals surface area contributed by atoms with Crippen LogP contribution in [0, 0.1) is 6.92 Å².